The number of carbonyl (C=O) groups is 1. The van der Waals surface area contributed by atoms with Crippen LogP contribution in [-0.4, -0.2) is 11.0 Å². The quantitative estimate of drug-likeness (QED) is 0.641. The van der Waals surface area contributed by atoms with Crippen molar-refractivity contribution < 1.29 is 13.9 Å². The molecule has 1 aromatic rings. The van der Waals surface area contributed by atoms with E-state index >= 15 is 0 Å². The number of halogens is 1. The zero-order valence-electron chi connectivity index (χ0n) is 7.79. The molecule has 2 heterocycles. The standard InChI is InChI=1S/C10H10FNO2/c1-10(3-2-9(13)14-10)7-4-8(11)6-12-5-7/h4-6H,2-3H2,1H3. The Bertz CT molecular complexity index is 380. The Morgan fingerprint density at radius 3 is 2.93 bits per heavy atom. The highest BCUT2D eigenvalue weighted by Gasteiger charge is 2.37. The van der Waals surface area contributed by atoms with Crippen LogP contribution in [0.4, 0.5) is 4.39 Å². The molecule has 4 heteroatoms. The molecule has 1 aliphatic rings. The Morgan fingerprint density at radius 2 is 2.36 bits per heavy atom. The Hall–Kier alpha value is -1.45. The predicted octanol–water partition coefficient (Wildman–Crippen LogP) is 1.77. The molecular formula is C10H10FNO2. The predicted molar refractivity (Wildman–Crippen MR) is 46.9 cm³/mol. The fraction of sp³-hybridized carbons (Fsp3) is 0.400. The van der Waals surface area contributed by atoms with Crippen molar-refractivity contribution in [2.24, 2.45) is 0 Å². The van der Waals surface area contributed by atoms with Gasteiger partial charge in [0.25, 0.3) is 0 Å². The highest BCUT2D eigenvalue weighted by atomic mass is 19.1. The zero-order valence-corrected chi connectivity index (χ0v) is 7.79. The van der Waals surface area contributed by atoms with Crippen LogP contribution in [0, 0.1) is 5.82 Å². The van der Waals surface area contributed by atoms with E-state index in [1.165, 1.54) is 12.3 Å². The van der Waals surface area contributed by atoms with E-state index in [4.69, 9.17) is 4.74 Å². The van der Waals surface area contributed by atoms with E-state index in [9.17, 15) is 9.18 Å². The molecule has 0 N–H and O–H groups in total. The van der Waals surface area contributed by atoms with E-state index in [2.05, 4.69) is 4.98 Å². The zero-order chi connectivity index (χ0) is 10.2. The maximum absolute atomic E-state index is 12.9. The van der Waals surface area contributed by atoms with Crippen LogP contribution in [0.2, 0.25) is 0 Å². The average Bonchev–Trinajstić information content (AvgIpc) is 2.48. The van der Waals surface area contributed by atoms with Crippen molar-refractivity contribution in [1.29, 1.82) is 0 Å². The number of esters is 1. The number of hydrogen-bond acceptors (Lipinski definition) is 3. The van der Waals surface area contributed by atoms with Gasteiger partial charge >= 0.3 is 5.97 Å². The third-order valence-electron chi connectivity index (χ3n) is 2.46. The van der Waals surface area contributed by atoms with Crippen LogP contribution in [0.15, 0.2) is 18.5 Å². The Balaban J connectivity index is 2.34. The summed E-state index contributed by atoms with van der Waals surface area (Å²) in [5.74, 6) is -0.650. The number of aromatic nitrogens is 1. The van der Waals surface area contributed by atoms with Gasteiger partial charge in [0.2, 0.25) is 0 Å². The molecule has 0 aliphatic carbocycles. The van der Waals surface area contributed by atoms with Crippen molar-refractivity contribution in [2.45, 2.75) is 25.4 Å². The summed E-state index contributed by atoms with van der Waals surface area (Å²) in [6, 6.07) is 1.35. The first-order chi connectivity index (χ1) is 6.60. The minimum absolute atomic E-state index is 0.239. The second kappa shape index (κ2) is 3.04. The Morgan fingerprint density at radius 1 is 1.57 bits per heavy atom. The van der Waals surface area contributed by atoms with Gasteiger partial charge in [-0.25, -0.2) is 4.39 Å². The number of pyridine rings is 1. The summed E-state index contributed by atoms with van der Waals surface area (Å²) in [5, 5.41) is 0. The van der Waals surface area contributed by atoms with Crippen molar-refractivity contribution in [3.63, 3.8) is 0 Å². The summed E-state index contributed by atoms with van der Waals surface area (Å²) >= 11 is 0. The first-order valence-corrected chi connectivity index (χ1v) is 4.43. The van der Waals surface area contributed by atoms with E-state index < -0.39 is 11.4 Å². The highest BCUT2D eigenvalue weighted by Crippen LogP contribution is 2.35. The molecular weight excluding hydrogens is 185 g/mol. The third-order valence-corrected chi connectivity index (χ3v) is 2.46. The summed E-state index contributed by atoms with van der Waals surface area (Å²) < 4.78 is 18.0. The summed E-state index contributed by atoms with van der Waals surface area (Å²) in [7, 11) is 0. The smallest absolute Gasteiger partial charge is 0.306 e. The number of ether oxygens (including phenoxy) is 1. The molecule has 1 unspecified atom stereocenters. The molecule has 1 aliphatic heterocycles. The van der Waals surface area contributed by atoms with Gasteiger partial charge in [0, 0.05) is 24.6 Å². The number of nitrogens with zero attached hydrogens (tertiary/aromatic N) is 1. The van der Waals surface area contributed by atoms with Gasteiger partial charge in [-0.05, 0) is 13.0 Å². The number of cyclic esters (lactones) is 1. The van der Waals surface area contributed by atoms with Gasteiger partial charge in [-0.1, -0.05) is 0 Å². The van der Waals surface area contributed by atoms with Crippen molar-refractivity contribution in [2.75, 3.05) is 0 Å². The lowest BCUT2D eigenvalue weighted by molar-refractivity contribution is -0.147. The van der Waals surface area contributed by atoms with Crippen LogP contribution in [0.5, 0.6) is 0 Å². The minimum atomic E-state index is -0.702. The first kappa shape index (κ1) is 9.12. The first-order valence-electron chi connectivity index (χ1n) is 4.43. The van der Waals surface area contributed by atoms with Gasteiger partial charge in [-0.15, -0.1) is 0 Å². The van der Waals surface area contributed by atoms with Crippen LogP contribution < -0.4 is 0 Å². The minimum Gasteiger partial charge on any atom is -0.454 e. The fourth-order valence-corrected chi connectivity index (χ4v) is 1.60. The summed E-state index contributed by atoms with van der Waals surface area (Å²) in [4.78, 5) is 14.7. The maximum Gasteiger partial charge on any atom is 0.306 e. The van der Waals surface area contributed by atoms with Gasteiger partial charge in [-0.2, -0.15) is 0 Å². The van der Waals surface area contributed by atoms with Crippen LogP contribution in [0.25, 0.3) is 0 Å². The van der Waals surface area contributed by atoms with E-state index in [1.54, 1.807) is 6.92 Å². The van der Waals surface area contributed by atoms with Crippen LogP contribution >= 0.6 is 0 Å². The monoisotopic (exact) mass is 195 g/mol. The fourth-order valence-electron chi connectivity index (χ4n) is 1.60. The van der Waals surface area contributed by atoms with Gasteiger partial charge < -0.3 is 4.74 Å². The highest BCUT2D eigenvalue weighted by molar-refractivity contribution is 5.72. The Labute approximate surface area is 80.9 Å². The van der Waals surface area contributed by atoms with Gasteiger partial charge in [0.1, 0.15) is 11.4 Å². The molecule has 0 aromatic carbocycles. The van der Waals surface area contributed by atoms with E-state index in [0.29, 0.717) is 18.4 Å². The summed E-state index contributed by atoms with van der Waals surface area (Å²) in [6.45, 7) is 1.77. The lowest BCUT2D eigenvalue weighted by Crippen LogP contribution is -2.21. The molecule has 0 spiro atoms. The molecule has 74 valence electrons. The molecule has 2 rings (SSSR count). The average molecular weight is 195 g/mol. The van der Waals surface area contributed by atoms with Crippen molar-refractivity contribution in [1.82, 2.24) is 4.98 Å². The lowest BCUT2D eigenvalue weighted by Gasteiger charge is -2.22. The second-order valence-electron chi connectivity index (χ2n) is 3.60. The van der Waals surface area contributed by atoms with Crippen molar-refractivity contribution >= 4 is 5.97 Å². The largest absolute Gasteiger partial charge is 0.454 e. The molecule has 0 radical (unpaired) electrons. The molecule has 0 bridgehead atoms. The normalized spacial score (nSPS) is 26.3. The molecule has 1 atom stereocenters. The van der Waals surface area contributed by atoms with Crippen LogP contribution in [0.3, 0.4) is 0 Å². The third kappa shape index (κ3) is 1.47. The van der Waals surface area contributed by atoms with Crippen molar-refractivity contribution in [3.8, 4) is 0 Å². The molecule has 0 saturated carbocycles. The molecule has 1 fully saturated rings. The summed E-state index contributed by atoms with van der Waals surface area (Å²) in [6.07, 6.45) is 3.62. The maximum atomic E-state index is 12.9. The molecule has 3 nitrogen and oxygen atoms in total. The van der Waals surface area contributed by atoms with E-state index in [0.717, 1.165) is 6.20 Å². The number of carbonyl (C=O) groups excluding carboxylic acids is 1. The van der Waals surface area contributed by atoms with Gasteiger partial charge in [0.15, 0.2) is 0 Å². The van der Waals surface area contributed by atoms with Crippen LogP contribution in [0.1, 0.15) is 25.3 Å². The number of rotatable bonds is 1. The van der Waals surface area contributed by atoms with E-state index in [-0.39, 0.29) is 5.97 Å². The molecule has 1 saturated heterocycles. The molecule has 14 heavy (non-hydrogen) atoms. The van der Waals surface area contributed by atoms with Gasteiger partial charge in [0.05, 0.1) is 6.20 Å². The second-order valence-corrected chi connectivity index (χ2v) is 3.60. The van der Waals surface area contributed by atoms with Gasteiger partial charge in [-0.3, -0.25) is 9.78 Å². The lowest BCUT2D eigenvalue weighted by atomic mass is 9.94. The molecule has 1 aromatic heterocycles. The van der Waals surface area contributed by atoms with E-state index in [1.807, 2.05) is 0 Å². The summed E-state index contributed by atoms with van der Waals surface area (Å²) in [5.41, 5.74) is -0.0880. The SMILES string of the molecule is CC1(c2cncc(F)c2)CCC(=O)O1. The van der Waals surface area contributed by atoms with Crippen molar-refractivity contribution in [3.05, 3.63) is 29.8 Å². The number of hydrogen-bond donors (Lipinski definition) is 0. The topological polar surface area (TPSA) is 39.2 Å². The van der Waals surface area contributed by atoms with Crippen LogP contribution in [-0.2, 0) is 15.1 Å². The molecule has 0 amide bonds. The Kier molecular flexibility index (Phi) is 1.98.